The lowest BCUT2D eigenvalue weighted by atomic mass is 10.0. The van der Waals surface area contributed by atoms with Crippen molar-refractivity contribution in [3.8, 4) is 28.4 Å². The molecule has 0 fully saturated rings. The Bertz CT molecular complexity index is 1490. The number of carbonyl (C=O) groups excluding carboxylic acids is 1. The van der Waals surface area contributed by atoms with E-state index in [1.807, 2.05) is 49.4 Å². The smallest absolute Gasteiger partial charge is 0.339 e. The van der Waals surface area contributed by atoms with Crippen LogP contribution in [0.5, 0.6) is 5.75 Å². The summed E-state index contributed by atoms with van der Waals surface area (Å²) in [6.45, 7) is 3.55. The number of methoxy groups -OCH3 is 1. The minimum Gasteiger partial charge on any atom is -0.497 e. The molecule has 0 aliphatic carbocycles. The number of benzene rings is 2. The monoisotopic (exact) mass is 456 g/mol. The fourth-order valence-electron chi connectivity index (χ4n) is 3.53. The largest absolute Gasteiger partial charge is 0.497 e. The first-order chi connectivity index (χ1) is 16.5. The summed E-state index contributed by atoms with van der Waals surface area (Å²) in [5.74, 6) is 0.628. The first kappa shape index (κ1) is 21.3. The van der Waals surface area contributed by atoms with Crippen LogP contribution in [0.25, 0.3) is 33.7 Å². The van der Waals surface area contributed by atoms with Gasteiger partial charge in [0.1, 0.15) is 5.75 Å². The number of nitrogens with zero attached hydrogens (tertiary/aromatic N) is 4. The lowest BCUT2D eigenvalue weighted by Gasteiger charge is -2.07. The molecule has 0 aliphatic heterocycles. The molecule has 5 aromatic rings. The standard InChI is InChI=1S/C25H20N4O5/c1-14-7-9-16(10-8-14)20-12-19(22-15(2)28-34-24(22)26-20)25(30)32-13-21-27-23(29-33-21)17-5-4-6-18(11-17)31-3/h4-12H,13H2,1-3H3. The van der Waals surface area contributed by atoms with Crippen LogP contribution in [-0.2, 0) is 11.3 Å². The van der Waals surface area contributed by atoms with Gasteiger partial charge in [0, 0.05) is 11.1 Å². The second-order valence-corrected chi connectivity index (χ2v) is 7.69. The fraction of sp³-hybridized carbons (Fsp3) is 0.160. The van der Waals surface area contributed by atoms with Crippen molar-refractivity contribution >= 4 is 17.1 Å². The van der Waals surface area contributed by atoms with Crippen LogP contribution in [0.2, 0.25) is 0 Å². The molecule has 0 atom stereocenters. The molecule has 0 radical (unpaired) electrons. The van der Waals surface area contributed by atoms with Gasteiger partial charge in [0.2, 0.25) is 5.82 Å². The third-order valence-electron chi connectivity index (χ3n) is 5.31. The Kier molecular flexibility index (Phi) is 5.51. The highest BCUT2D eigenvalue weighted by Gasteiger charge is 2.21. The van der Waals surface area contributed by atoms with Crippen LogP contribution < -0.4 is 4.74 Å². The quantitative estimate of drug-likeness (QED) is 0.328. The number of hydrogen-bond donors (Lipinski definition) is 0. The van der Waals surface area contributed by atoms with E-state index in [2.05, 4.69) is 20.3 Å². The van der Waals surface area contributed by atoms with Gasteiger partial charge in [0.15, 0.2) is 6.61 Å². The second-order valence-electron chi connectivity index (χ2n) is 7.69. The number of hydrogen-bond acceptors (Lipinski definition) is 9. The third-order valence-corrected chi connectivity index (χ3v) is 5.31. The van der Waals surface area contributed by atoms with Gasteiger partial charge in [-0.05, 0) is 32.0 Å². The fourth-order valence-corrected chi connectivity index (χ4v) is 3.53. The minimum absolute atomic E-state index is 0.164. The Balaban J connectivity index is 1.40. The number of fused-ring (bicyclic) bond motifs is 1. The lowest BCUT2D eigenvalue weighted by molar-refractivity contribution is 0.0432. The van der Waals surface area contributed by atoms with Gasteiger partial charge in [-0.15, -0.1) is 0 Å². The van der Waals surface area contributed by atoms with Crippen LogP contribution in [0.1, 0.15) is 27.5 Å². The predicted octanol–water partition coefficient (Wildman–Crippen LogP) is 4.92. The molecule has 34 heavy (non-hydrogen) atoms. The van der Waals surface area contributed by atoms with Crippen LogP contribution >= 0.6 is 0 Å². The average Bonchev–Trinajstić information content (AvgIpc) is 3.49. The van der Waals surface area contributed by atoms with Gasteiger partial charge in [-0.1, -0.05) is 52.3 Å². The normalized spacial score (nSPS) is 11.0. The summed E-state index contributed by atoms with van der Waals surface area (Å²) >= 11 is 0. The molecule has 0 amide bonds. The Morgan fingerprint density at radius 1 is 0.941 bits per heavy atom. The van der Waals surface area contributed by atoms with E-state index in [1.54, 1.807) is 26.2 Å². The molecule has 0 aliphatic rings. The Hall–Kier alpha value is -4.53. The summed E-state index contributed by atoms with van der Waals surface area (Å²) in [5, 5.41) is 8.43. The zero-order valence-electron chi connectivity index (χ0n) is 18.7. The molecular formula is C25H20N4O5. The van der Waals surface area contributed by atoms with Crippen molar-refractivity contribution in [2.75, 3.05) is 7.11 Å². The van der Waals surface area contributed by atoms with Crippen LogP contribution in [0.15, 0.2) is 63.6 Å². The first-order valence-electron chi connectivity index (χ1n) is 10.5. The summed E-state index contributed by atoms with van der Waals surface area (Å²) in [6, 6.07) is 16.7. The first-order valence-corrected chi connectivity index (χ1v) is 10.5. The number of aryl methyl sites for hydroxylation is 2. The Morgan fingerprint density at radius 2 is 1.76 bits per heavy atom. The highest BCUT2D eigenvalue weighted by molar-refractivity contribution is 6.04. The minimum atomic E-state index is -0.576. The maximum Gasteiger partial charge on any atom is 0.339 e. The highest BCUT2D eigenvalue weighted by atomic mass is 16.6. The van der Waals surface area contributed by atoms with E-state index in [-0.39, 0.29) is 18.2 Å². The van der Waals surface area contributed by atoms with Crippen LogP contribution in [0.3, 0.4) is 0 Å². The number of rotatable bonds is 6. The van der Waals surface area contributed by atoms with Crippen LogP contribution in [-0.4, -0.2) is 33.4 Å². The van der Waals surface area contributed by atoms with E-state index in [1.165, 1.54) is 0 Å². The molecule has 0 spiro atoms. The van der Waals surface area contributed by atoms with Crippen LogP contribution in [0, 0.1) is 13.8 Å². The molecule has 9 nitrogen and oxygen atoms in total. The van der Waals surface area contributed by atoms with Gasteiger partial charge >= 0.3 is 5.97 Å². The molecule has 3 heterocycles. The highest BCUT2D eigenvalue weighted by Crippen LogP contribution is 2.28. The van der Waals surface area contributed by atoms with Crippen molar-refractivity contribution in [1.29, 1.82) is 0 Å². The summed E-state index contributed by atoms with van der Waals surface area (Å²) in [5.41, 5.74) is 4.37. The molecule has 0 saturated carbocycles. The van der Waals surface area contributed by atoms with Crippen molar-refractivity contribution in [2.45, 2.75) is 20.5 Å². The number of pyridine rings is 1. The topological polar surface area (TPSA) is 113 Å². The Labute approximate surface area is 194 Å². The molecule has 3 aromatic heterocycles. The molecule has 2 aromatic carbocycles. The van der Waals surface area contributed by atoms with Gasteiger partial charge in [0.05, 0.1) is 29.4 Å². The molecule has 5 rings (SSSR count). The van der Waals surface area contributed by atoms with Crippen molar-refractivity contribution in [1.82, 2.24) is 20.3 Å². The van der Waals surface area contributed by atoms with E-state index >= 15 is 0 Å². The van der Waals surface area contributed by atoms with Gasteiger partial charge < -0.3 is 18.5 Å². The molecular weight excluding hydrogens is 436 g/mol. The molecule has 0 N–H and O–H groups in total. The second kappa shape index (κ2) is 8.78. The third kappa shape index (κ3) is 4.11. The maximum atomic E-state index is 13.1. The van der Waals surface area contributed by atoms with Gasteiger partial charge in [-0.25, -0.2) is 9.78 Å². The van der Waals surface area contributed by atoms with E-state index in [9.17, 15) is 4.79 Å². The summed E-state index contributed by atoms with van der Waals surface area (Å²) < 4.78 is 21.3. The Morgan fingerprint density at radius 3 is 2.56 bits per heavy atom. The molecule has 0 unspecified atom stereocenters. The molecule has 170 valence electrons. The van der Waals surface area contributed by atoms with Gasteiger partial charge in [-0.2, -0.15) is 4.98 Å². The lowest BCUT2D eigenvalue weighted by Crippen LogP contribution is -2.07. The van der Waals surface area contributed by atoms with Crippen molar-refractivity contribution < 1.29 is 23.3 Å². The maximum absolute atomic E-state index is 13.1. The van der Waals surface area contributed by atoms with Crippen molar-refractivity contribution in [3.63, 3.8) is 0 Å². The average molecular weight is 456 g/mol. The number of ether oxygens (including phenoxy) is 2. The van der Waals surface area contributed by atoms with Crippen molar-refractivity contribution in [3.05, 3.63) is 77.3 Å². The molecule has 0 bridgehead atoms. The molecule has 0 saturated heterocycles. The predicted molar refractivity (Wildman–Crippen MR) is 122 cm³/mol. The SMILES string of the molecule is COc1cccc(-c2noc(COC(=O)c3cc(-c4ccc(C)cc4)nc4onc(C)c34)n2)c1. The van der Waals surface area contributed by atoms with E-state index < -0.39 is 5.97 Å². The summed E-state index contributed by atoms with van der Waals surface area (Å²) in [6.07, 6.45) is 0. The van der Waals surface area contributed by atoms with Gasteiger partial charge in [0.25, 0.3) is 11.6 Å². The summed E-state index contributed by atoms with van der Waals surface area (Å²) in [7, 11) is 1.58. The summed E-state index contributed by atoms with van der Waals surface area (Å²) in [4.78, 5) is 21.9. The number of aromatic nitrogens is 4. The van der Waals surface area contributed by atoms with E-state index in [0.29, 0.717) is 33.9 Å². The van der Waals surface area contributed by atoms with E-state index in [0.717, 1.165) is 16.7 Å². The zero-order valence-corrected chi connectivity index (χ0v) is 18.7. The zero-order chi connectivity index (χ0) is 23.7. The van der Waals surface area contributed by atoms with E-state index in [4.69, 9.17) is 18.5 Å². The van der Waals surface area contributed by atoms with Gasteiger partial charge in [-0.3, -0.25) is 0 Å². The van der Waals surface area contributed by atoms with Crippen molar-refractivity contribution in [2.24, 2.45) is 0 Å². The van der Waals surface area contributed by atoms with Crippen LogP contribution in [0.4, 0.5) is 0 Å². The number of carbonyl (C=O) groups is 1. The molecule has 9 heteroatoms. The number of esters is 1.